The minimum absolute atomic E-state index is 0.140. The van der Waals surface area contributed by atoms with Crippen LogP contribution >= 0.6 is 22.7 Å². The largest absolute Gasteiger partial charge is 0.257 e. The maximum Gasteiger partial charge on any atom is 0.0981 e. The Kier molecular flexibility index (Phi) is 12.0. The van der Waals surface area contributed by atoms with E-state index in [1.54, 1.807) is 11.3 Å². The molecule has 0 N–H and O–H groups in total. The van der Waals surface area contributed by atoms with E-state index < -0.39 is 0 Å². The second-order valence-electron chi connectivity index (χ2n) is 15.0. The Morgan fingerprint density at radius 2 is 1.08 bits per heavy atom. The van der Waals surface area contributed by atoms with Gasteiger partial charge < -0.3 is 0 Å². The van der Waals surface area contributed by atoms with Crippen molar-refractivity contribution in [1.82, 2.24) is 9.97 Å². The Hall–Kier alpha value is -1.52. The maximum absolute atomic E-state index is 4.72. The van der Waals surface area contributed by atoms with Crippen LogP contribution in [0.5, 0.6) is 0 Å². The molecule has 3 heterocycles. The van der Waals surface area contributed by atoms with Crippen LogP contribution in [0.1, 0.15) is 155 Å². The molecule has 0 atom stereocenters. The van der Waals surface area contributed by atoms with Crippen LogP contribution in [0.25, 0.3) is 0 Å². The summed E-state index contributed by atoms with van der Waals surface area (Å²) in [6.45, 7) is 35.4. The van der Waals surface area contributed by atoms with Crippen LogP contribution in [-0.4, -0.2) is 9.97 Å². The molecule has 3 aromatic heterocycles. The van der Waals surface area contributed by atoms with Gasteiger partial charge in [0.1, 0.15) is 0 Å². The lowest BCUT2D eigenvalue weighted by atomic mass is 9.88. The Labute approximate surface area is 243 Å². The first-order valence-corrected chi connectivity index (χ1v) is 15.8. The third kappa shape index (κ3) is 11.3. The quantitative estimate of drug-likeness (QED) is 0.314. The fraction of sp³-hybridized carbons (Fsp3) is 0.647. The number of rotatable bonds is 2. The molecule has 0 aliphatic heterocycles. The summed E-state index contributed by atoms with van der Waals surface area (Å²) in [6.07, 6.45) is 0. The van der Waals surface area contributed by atoms with Crippen LogP contribution in [0.3, 0.4) is 0 Å². The smallest absolute Gasteiger partial charge is 0.0981 e. The van der Waals surface area contributed by atoms with Crippen molar-refractivity contribution in [2.24, 2.45) is 0 Å². The van der Waals surface area contributed by atoms with E-state index in [1.165, 1.54) is 32.5 Å². The van der Waals surface area contributed by atoms with Crippen molar-refractivity contribution < 1.29 is 0 Å². The predicted octanol–water partition coefficient (Wildman–Crippen LogP) is 11.4. The summed E-state index contributed by atoms with van der Waals surface area (Å²) in [5.41, 5.74) is 5.85. The van der Waals surface area contributed by atoms with Crippen LogP contribution in [0.15, 0.2) is 35.0 Å². The summed E-state index contributed by atoms with van der Waals surface area (Å²) in [7, 11) is 0. The van der Waals surface area contributed by atoms with Gasteiger partial charge in [-0.1, -0.05) is 117 Å². The van der Waals surface area contributed by atoms with Gasteiger partial charge in [0.25, 0.3) is 0 Å². The zero-order valence-electron chi connectivity index (χ0n) is 27.3. The van der Waals surface area contributed by atoms with Crippen molar-refractivity contribution >= 4 is 22.7 Å². The van der Waals surface area contributed by atoms with Crippen molar-refractivity contribution in [2.75, 3.05) is 0 Å². The van der Waals surface area contributed by atoms with Gasteiger partial charge in [0.15, 0.2) is 0 Å². The lowest BCUT2D eigenvalue weighted by Crippen LogP contribution is -2.19. The first kappa shape index (κ1) is 34.5. The SMILES string of the molecule is CC(C)(C)c1cccc(C(C)(C)C)n1.CC(C)c1csc(C(C)(C)C)c1.CC(C)c1csc(C(C)(C)C)n1. The molecular weight excluding hydrogens is 501 g/mol. The van der Waals surface area contributed by atoms with E-state index >= 15 is 0 Å². The minimum Gasteiger partial charge on any atom is -0.257 e. The molecule has 0 bridgehead atoms. The van der Waals surface area contributed by atoms with Gasteiger partial charge in [-0.3, -0.25) is 4.98 Å². The number of hydrogen-bond acceptors (Lipinski definition) is 4. The van der Waals surface area contributed by atoms with E-state index in [9.17, 15) is 0 Å². The molecule has 3 rings (SSSR count). The fourth-order valence-corrected chi connectivity index (χ4v) is 5.44. The van der Waals surface area contributed by atoms with Crippen molar-refractivity contribution in [3.05, 3.63) is 67.6 Å². The van der Waals surface area contributed by atoms with Gasteiger partial charge >= 0.3 is 0 Å². The molecule has 38 heavy (non-hydrogen) atoms. The number of pyridine rings is 1. The Morgan fingerprint density at radius 3 is 1.34 bits per heavy atom. The monoisotopic (exact) mass is 556 g/mol. The summed E-state index contributed by atoms with van der Waals surface area (Å²) in [5, 5.41) is 5.70. The molecule has 214 valence electrons. The molecule has 0 saturated carbocycles. The highest BCUT2D eigenvalue weighted by Gasteiger charge is 2.20. The lowest BCUT2D eigenvalue weighted by molar-refractivity contribution is 0.531. The summed E-state index contributed by atoms with van der Waals surface area (Å²) in [6, 6.07) is 8.66. The van der Waals surface area contributed by atoms with Crippen LogP contribution in [-0.2, 0) is 21.7 Å². The fourth-order valence-electron chi connectivity index (χ4n) is 3.21. The van der Waals surface area contributed by atoms with Crippen LogP contribution < -0.4 is 0 Å². The second-order valence-corrected chi connectivity index (χ2v) is 16.8. The first-order valence-electron chi connectivity index (χ1n) is 14.1. The van der Waals surface area contributed by atoms with Crippen LogP contribution in [0.4, 0.5) is 0 Å². The van der Waals surface area contributed by atoms with Crippen molar-refractivity contribution in [3.63, 3.8) is 0 Å². The summed E-state index contributed by atoms with van der Waals surface area (Å²) < 4.78 is 0. The molecule has 2 nitrogen and oxygen atoms in total. The van der Waals surface area contributed by atoms with Gasteiger partial charge in [0.05, 0.1) is 10.7 Å². The summed E-state index contributed by atoms with van der Waals surface area (Å²) in [5.74, 6) is 1.22. The van der Waals surface area contributed by atoms with Crippen molar-refractivity contribution in [1.29, 1.82) is 0 Å². The molecule has 0 aliphatic carbocycles. The zero-order valence-corrected chi connectivity index (χ0v) is 29.0. The average molecular weight is 557 g/mol. The molecular formula is C34H56N2S2. The normalized spacial score (nSPS) is 12.7. The standard InChI is InChI=1S/C13H21N.C11H18S.C10H17NS/c1-12(2,3)10-8-7-9-11(14-10)13(4,5)6;1-8(2)9-6-10(12-7-9)11(3,4)5;1-7(2)8-6-12-9(11-8)10(3,4)5/h7-9H,1-6H3;6-8H,1-5H3;6-7H,1-5H3. The molecule has 0 aromatic carbocycles. The second kappa shape index (κ2) is 13.2. The van der Waals surface area contributed by atoms with E-state index in [-0.39, 0.29) is 16.2 Å². The molecule has 0 fully saturated rings. The molecule has 0 amide bonds. The number of thiophene rings is 1. The van der Waals surface area contributed by atoms with E-state index in [0.717, 1.165) is 0 Å². The van der Waals surface area contributed by atoms with E-state index in [1.807, 2.05) is 11.3 Å². The lowest BCUT2D eigenvalue weighted by Gasteiger charge is -2.23. The van der Waals surface area contributed by atoms with Gasteiger partial charge in [0.2, 0.25) is 0 Å². The average Bonchev–Trinajstić information content (AvgIpc) is 3.43. The molecule has 0 radical (unpaired) electrons. The maximum atomic E-state index is 4.72. The first-order chi connectivity index (χ1) is 17.0. The summed E-state index contributed by atoms with van der Waals surface area (Å²) in [4.78, 5) is 10.8. The van der Waals surface area contributed by atoms with Crippen molar-refractivity contribution in [2.45, 2.75) is 144 Å². The Balaban J connectivity index is 0.000000286. The number of thiazole rings is 1. The van der Waals surface area contributed by atoms with Crippen LogP contribution in [0.2, 0.25) is 0 Å². The molecule has 0 saturated heterocycles. The van der Waals surface area contributed by atoms with Gasteiger partial charge in [-0.05, 0) is 46.4 Å². The summed E-state index contributed by atoms with van der Waals surface area (Å²) >= 11 is 3.66. The number of hydrogen-bond donors (Lipinski definition) is 0. The zero-order chi connectivity index (χ0) is 29.7. The van der Waals surface area contributed by atoms with Gasteiger partial charge in [-0.15, -0.1) is 22.7 Å². The molecule has 0 unspecified atom stereocenters. The van der Waals surface area contributed by atoms with E-state index in [2.05, 4.69) is 151 Å². The third-order valence-corrected chi connectivity index (χ3v) is 8.73. The molecule has 4 heteroatoms. The predicted molar refractivity (Wildman–Crippen MR) is 174 cm³/mol. The van der Waals surface area contributed by atoms with Gasteiger partial charge in [-0.2, -0.15) is 0 Å². The highest BCUT2D eigenvalue weighted by Crippen LogP contribution is 2.31. The minimum atomic E-state index is 0.140. The Bertz CT molecular complexity index is 1020. The van der Waals surface area contributed by atoms with Crippen molar-refractivity contribution in [3.8, 4) is 0 Å². The van der Waals surface area contributed by atoms with Gasteiger partial charge in [-0.25, -0.2) is 4.98 Å². The topological polar surface area (TPSA) is 25.8 Å². The highest BCUT2D eigenvalue weighted by molar-refractivity contribution is 7.10. The highest BCUT2D eigenvalue weighted by atomic mass is 32.1. The van der Waals surface area contributed by atoms with E-state index in [0.29, 0.717) is 17.3 Å². The third-order valence-electron chi connectivity index (χ3n) is 6.07. The Morgan fingerprint density at radius 1 is 0.579 bits per heavy atom. The molecule has 0 aliphatic rings. The molecule has 3 aromatic rings. The van der Waals surface area contributed by atoms with Crippen LogP contribution in [0, 0.1) is 0 Å². The number of nitrogens with zero attached hydrogens (tertiary/aromatic N) is 2. The molecule has 0 spiro atoms. The van der Waals surface area contributed by atoms with Gasteiger partial charge in [0, 0.05) is 37.9 Å². The van der Waals surface area contributed by atoms with E-state index in [4.69, 9.17) is 4.98 Å². The number of aromatic nitrogens is 2.